The summed E-state index contributed by atoms with van der Waals surface area (Å²) < 4.78 is 0. The molecule has 76 valence electrons. The van der Waals surface area contributed by atoms with E-state index in [2.05, 4.69) is 15.3 Å². The number of carbonyl (C=O) groups excluding carboxylic acids is 1. The molecular weight excluding hydrogens is 204 g/mol. The number of amides is 1. The monoisotopic (exact) mass is 214 g/mol. The zero-order valence-electron chi connectivity index (χ0n) is 7.91. The Morgan fingerprint density at radius 1 is 1.64 bits per heavy atom. The van der Waals surface area contributed by atoms with Crippen molar-refractivity contribution >= 4 is 23.3 Å². The van der Waals surface area contributed by atoms with Gasteiger partial charge in [-0.2, -0.15) is 0 Å². The van der Waals surface area contributed by atoms with Crippen LogP contribution in [0.3, 0.4) is 0 Å². The molecule has 0 atom stereocenters. The van der Waals surface area contributed by atoms with E-state index < -0.39 is 11.4 Å². The van der Waals surface area contributed by atoms with Crippen molar-refractivity contribution in [2.45, 2.75) is 19.4 Å². The Hall–Kier alpha value is -1.36. The van der Waals surface area contributed by atoms with Crippen LogP contribution in [0.1, 0.15) is 13.8 Å². The maximum absolute atomic E-state index is 11.0. The van der Waals surface area contributed by atoms with Gasteiger partial charge in [-0.25, -0.2) is 9.97 Å². The summed E-state index contributed by atoms with van der Waals surface area (Å²) >= 11 is 5.57. The van der Waals surface area contributed by atoms with E-state index >= 15 is 0 Å². The predicted octanol–water partition coefficient (Wildman–Crippen LogP) is 0.806. The van der Waals surface area contributed by atoms with Crippen molar-refractivity contribution in [3.8, 4) is 0 Å². The Morgan fingerprint density at radius 3 is 2.79 bits per heavy atom. The lowest BCUT2D eigenvalue weighted by atomic mass is 10.1. The smallest absolute Gasteiger partial charge is 0.242 e. The molecule has 14 heavy (non-hydrogen) atoms. The topological polar surface area (TPSA) is 80.9 Å². The summed E-state index contributed by atoms with van der Waals surface area (Å²) in [6.07, 6.45) is 1.49. The van der Waals surface area contributed by atoms with Crippen LogP contribution in [0, 0.1) is 0 Å². The number of halogens is 1. The summed E-state index contributed by atoms with van der Waals surface area (Å²) in [5.74, 6) is 0.000958. The normalized spacial score (nSPS) is 11.1. The molecule has 0 saturated heterocycles. The maximum Gasteiger partial charge on any atom is 0.242 e. The van der Waals surface area contributed by atoms with Gasteiger partial charge >= 0.3 is 0 Å². The molecule has 1 aromatic heterocycles. The van der Waals surface area contributed by atoms with Crippen molar-refractivity contribution in [2.24, 2.45) is 5.73 Å². The number of hydrogen-bond donors (Lipinski definition) is 2. The first-order valence-electron chi connectivity index (χ1n) is 3.98. The number of aromatic nitrogens is 2. The number of nitrogens with one attached hydrogen (secondary N) is 1. The third-order valence-corrected chi connectivity index (χ3v) is 1.86. The van der Waals surface area contributed by atoms with Crippen LogP contribution >= 0.6 is 11.6 Å². The quantitative estimate of drug-likeness (QED) is 0.730. The molecule has 0 spiro atoms. The summed E-state index contributed by atoms with van der Waals surface area (Å²) in [5, 5.41) is 2.97. The number of nitrogens with two attached hydrogens (primary N) is 1. The molecule has 5 nitrogen and oxygen atoms in total. The summed E-state index contributed by atoms with van der Waals surface area (Å²) in [6, 6.07) is 1.61. The highest BCUT2D eigenvalue weighted by atomic mass is 35.5. The van der Waals surface area contributed by atoms with Gasteiger partial charge < -0.3 is 11.1 Å². The standard InChI is InChI=1S/C8H11ClN4O/c1-8(2,6(10)14)13-5-3-4-11-7(9)12-5/h3-4H,1-2H3,(H2,10,14)(H,11,12,13). The Kier molecular flexibility index (Phi) is 2.90. The van der Waals surface area contributed by atoms with Gasteiger partial charge in [-0.15, -0.1) is 0 Å². The Bertz CT molecular complexity index is 353. The second-order valence-electron chi connectivity index (χ2n) is 3.33. The first-order chi connectivity index (χ1) is 6.42. The fourth-order valence-corrected chi connectivity index (χ4v) is 0.934. The second-order valence-corrected chi connectivity index (χ2v) is 3.66. The number of nitrogens with zero attached hydrogens (tertiary/aromatic N) is 2. The van der Waals surface area contributed by atoms with Gasteiger partial charge in [-0.3, -0.25) is 4.79 Å². The van der Waals surface area contributed by atoms with E-state index in [0.717, 1.165) is 0 Å². The van der Waals surface area contributed by atoms with Crippen LogP contribution in [0.4, 0.5) is 5.82 Å². The molecule has 0 aromatic carbocycles. The summed E-state index contributed by atoms with van der Waals surface area (Å²) in [7, 11) is 0. The van der Waals surface area contributed by atoms with Crippen LogP contribution in [-0.2, 0) is 4.79 Å². The van der Waals surface area contributed by atoms with E-state index in [0.29, 0.717) is 5.82 Å². The van der Waals surface area contributed by atoms with E-state index in [1.807, 2.05) is 0 Å². The van der Waals surface area contributed by atoms with Gasteiger partial charge in [-0.1, -0.05) is 0 Å². The van der Waals surface area contributed by atoms with Gasteiger partial charge in [0.2, 0.25) is 11.2 Å². The minimum atomic E-state index is -0.863. The Balaban J connectivity index is 2.83. The number of primary amides is 1. The summed E-state index contributed by atoms with van der Waals surface area (Å²) in [5.41, 5.74) is 4.31. The minimum Gasteiger partial charge on any atom is -0.368 e. The van der Waals surface area contributed by atoms with Gasteiger partial charge in [-0.05, 0) is 31.5 Å². The van der Waals surface area contributed by atoms with Crippen LogP contribution in [-0.4, -0.2) is 21.4 Å². The largest absolute Gasteiger partial charge is 0.368 e. The van der Waals surface area contributed by atoms with Crippen molar-refractivity contribution in [3.05, 3.63) is 17.5 Å². The fourth-order valence-electron chi connectivity index (χ4n) is 0.786. The molecule has 0 aliphatic carbocycles. The average molecular weight is 215 g/mol. The Morgan fingerprint density at radius 2 is 2.29 bits per heavy atom. The molecule has 1 heterocycles. The molecule has 0 aliphatic heterocycles. The third kappa shape index (κ3) is 2.56. The van der Waals surface area contributed by atoms with Gasteiger partial charge in [0.05, 0.1) is 0 Å². The van der Waals surface area contributed by atoms with Crippen molar-refractivity contribution < 1.29 is 4.79 Å². The van der Waals surface area contributed by atoms with Crippen LogP contribution in [0.2, 0.25) is 5.28 Å². The molecule has 0 unspecified atom stereocenters. The molecule has 0 fully saturated rings. The lowest BCUT2D eigenvalue weighted by Crippen LogP contribution is -2.45. The first-order valence-corrected chi connectivity index (χ1v) is 4.36. The van der Waals surface area contributed by atoms with E-state index in [1.54, 1.807) is 19.9 Å². The van der Waals surface area contributed by atoms with Crippen LogP contribution in [0.25, 0.3) is 0 Å². The molecule has 0 radical (unpaired) electrons. The van der Waals surface area contributed by atoms with E-state index in [9.17, 15) is 4.79 Å². The average Bonchev–Trinajstić information content (AvgIpc) is 2.02. The number of hydrogen-bond acceptors (Lipinski definition) is 4. The van der Waals surface area contributed by atoms with Gasteiger partial charge in [0.15, 0.2) is 0 Å². The Labute approximate surface area is 86.7 Å². The zero-order valence-corrected chi connectivity index (χ0v) is 8.67. The van der Waals surface area contributed by atoms with Gasteiger partial charge in [0.1, 0.15) is 11.4 Å². The van der Waals surface area contributed by atoms with Gasteiger partial charge in [0, 0.05) is 6.20 Å². The molecule has 0 aliphatic rings. The molecule has 1 aromatic rings. The minimum absolute atomic E-state index is 0.121. The van der Waals surface area contributed by atoms with E-state index in [1.165, 1.54) is 6.20 Å². The van der Waals surface area contributed by atoms with Crippen LogP contribution in [0.15, 0.2) is 12.3 Å². The SMILES string of the molecule is CC(C)(Nc1ccnc(Cl)n1)C(N)=O. The number of carbonyl (C=O) groups is 1. The number of rotatable bonds is 3. The highest BCUT2D eigenvalue weighted by Crippen LogP contribution is 2.12. The lowest BCUT2D eigenvalue weighted by molar-refractivity contribution is -0.121. The fraction of sp³-hybridized carbons (Fsp3) is 0.375. The summed E-state index contributed by atoms with van der Waals surface area (Å²) in [4.78, 5) is 18.6. The van der Waals surface area contributed by atoms with E-state index in [-0.39, 0.29) is 5.28 Å². The molecule has 1 amide bonds. The number of anilines is 1. The predicted molar refractivity (Wildman–Crippen MR) is 53.9 cm³/mol. The highest BCUT2D eigenvalue weighted by molar-refractivity contribution is 6.28. The zero-order chi connectivity index (χ0) is 10.8. The van der Waals surface area contributed by atoms with Crippen LogP contribution < -0.4 is 11.1 Å². The molecule has 3 N–H and O–H groups in total. The van der Waals surface area contributed by atoms with E-state index in [4.69, 9.17) is 17.3 Å². The van der Waals surface area contributed by atoms with Crippen molar-refractivity contribution in [1.82, 2.24) is 9.97 Å². The highest BCUT2D eigenvalue weighted by Gasteiger charge is 2.24. The van der Waals surface area contributed by atoms with Gasteiger partial charge in [0.25, 0.3) is 0 Å². The molecule has 6 heteroatoms. The molecule has 0 saturated carbocycles. The third-order valence-electron chi connectivity index (χ3n) is 1.68. The van der Waals surface area contributed by atoms with Crippen LogP contribution in [0.5, 0.6) is 0 Å². The maximum atomic E-state index is 11.0. The molecule has 0 bridgehead atoms. The first kappa shape index (κ1) is 10.7. The second kappa shape index (κ2) is 3.79. The van der Waals surface area contributed by atoms with Crippen molar-refractivity contribution in [1.29, 1.82) is 0 Å². The molecule has 1 rings (SSSR count). The van der Waals surface area contributed by atoms with Crippen molar-refractivity contribution in [3.63, 3.8) is 0 Å². The summed E-state index contributed by atoms with van der Waals surface area (Å²) in [6.45, 7) is 3.32. The lowest BCUT2D eigenvalue weighted by Gasteiger charge is -2.22. The molecular formula is C8H11ClN4O. The van der Waals surface area contributed by atoms with Crippen molar-refractivity contribution in [2.75, 3.05) is 5.32 Å².